The van der Waals surface area contributed by atoms with Gasteiger partial charge in [0.15, 0.2) is 15.7 Å². The van der Waals surface area contributed by atoms with Crippen LogP contribution in [-0.4, -0.2) is 29.9 Å². The van der Waals surface area contributed by atoms with Gasteiger partial charge in [-0.25, -0.2) is 13.4 Å². The highest BCUT2D eigenvalue weighted by molar-refractivity contribution is 7.90. The van der Waals surface area contributed by atoms with Crippen LogP contribution in [0.4, 0.5) is 0 Å². The minimum atomic E-state index is -3.09. The van der Waals surface area contributed by atoms with Crippen molar-refractivity contribution in [2.24, 2.45) is 0 Å². The molecule has 78 valence electrons. The van der Waals surface area contributed by atoms with Crippen LogP contribution in [0.2, 0.25) is 0 Å². The largest absolute Gasteiger partial charge is 0.263 e. The predicted octanol–water partition coefficient (Wildman–Crippen LogP) is 0.788. The molecule has 0 aliphatic heterocycles. The Labute approximate surface area is 82.9 Å². The SMILES string of the molecule is CC(c1n[nH]c(C2CC2)n1)S(C)(=O)=O. The van der Waals surface area contributed by atoms with E-state index in [0.717, 1.165) is 18.7 Å². The van der Waals surface area contributed by atoms with E-state index >= 15 is 0 Å². The second-order valence-corrected chi connectivity index (χ2v) is 6.19. The molecule has 1 atom stereocenters. The third-order valence-corrected chi connectivity index (χ3v) is 3.99. The fraction of sp³-hybridized carbons (Fsp3) is 0.750. The van der Waals surface area contributed by atoms with Crippen LogP contribution in [0.3, 0.4) is 0 Å². The number of hydrogen-bond acceptors (Lipinski definition) is 4. The number of nitrogens with zero attached hydrogens (tertiary/aromatic N) is 2. The fourth-order valence-corrected chi connectivity index (χ4v) is 1.69. The molecule has 0 saturated heterocycles. The van der Waals surface area contributed by atoms with Crippen LogP contribution < -0.4 is 0 Å². The average molecular weight is 215 g/mol. The summed E-state index contributed by atoms with van der Waals surface area (Å²) in [5.41, 5.74) is 0. The van der Waals surface area contributed by atoms with E-state index < -0.39 is 15.1 Å². The highest BCUT2D eigenvalue weighted by atomic mass is 32.2. The molecule has 5 nitrogen and oxygen atoms in total. The maximum Gasteiger partial charge on any atom is 0.168 e. The van der Waals surface area contributed by atoms with Crippen LogP contribution in [0.15, 0.2) is 0 Å². The molecule has 0 aromatic carbocycles. The first kappa shape index (κ1) is 9.64. The molecule has 1 aliphatic carbocycles. The van der Waals surface area contributed by atoms with E-state index in [1.165, 1.54) is 6.26 Å². The summed E-state index contributed by atoms with van der Waals surface area (Å²) >= 11 is 0. The first-order valence-corrected chi connectivity index (χ1v) is 6.55. The second kappa shape index (κ2) is 3.05. The van der Waals surface area contributed by atoms with Crippen molar-refractivity contribution in [1.29, 1.82) is 0 Å². The zero-order valence-electron chi connectivity index (χ0n) is 8.19. The number of rotatable bonds is 3. The van der Waals surface area contributed by atoms with E-state index in [-0.39, 0.29) is 0 Å². The van der Waals surface area contributed by atoms with Gasteiger partial charge in [0.1, 0.15) is 11.1 Å². The van der Waals surface area contributed by atoms with Crippen molar-refractivity contribution in [2.75, 3.05) is 6.26 Å². The van der Waals surface area contributed by atoms with E-state index in [1.807, 2.05) is 0 Å². The highest BCUT2D eigenvalue weighted by Gasteiger charge is 2.29. The Hall–Kier alpha value is -0.910. The molecule has 1 heterocycles. The molecule has 0 radical (unpaired) electrons. The van der Waals surface area contributed by atoms with Crippen molar-refractivity contribution in [3.63, 3.8) is 0 Å². The normalized spacial score (nSPS) is 19.6. The molecule has 1 unspecified atom stereocenters. The van der Waals surface area contributed by atoms with Gasteiger partial charge in [0.2, 0.25) is 0 Å². The molecule has 2 rings (SSSR count). The zero-order chi connectivity index (χ0) is 10.3. The second-order valence-electron chi connectivity index (χ2n) is 3.82. The first-order chi connectivity index (χ1) is 6.48. The maximum absolute atomic E-state index is 11.2. The zero-order valence-corrected chi connectivity index (χ0v) is 9.00. The van der Waals surface area contributed by atoms with Crippen LogP contribution in [-0.2, 0) is 9.84 Å². The lowest BCUT2D eigenvalue weighted by Crippen LogP contribution is -2.09. The Morgan fingerprint density at radius 3 is 2.64 bits per heavy atom. The minimum absolute atomic E-state index is 0.384. The van der Waals surface area contributed by atoms with Crippen LogP contribution in [0.1, 0.15) is 42.6 Å². The minimum Gasteiger partial charge on any atom is -0.263 e. The Balaban J connectivity index is 2.24. The summed E-state index contributed by atoms with van der Waals surface area (Å²) in [6, 6.07) is 0. The number of aromatic amines is 1. The molecule has 1 aromatic heterocycles. The van der Waals surface area contributed by atoms with Crippen molar-refractivity contribution in [2.45, 2.75) is 30.9 Å². The Kier molecular flexibility index (Phi) is 2.10. The summed E-state index contributed by atoms with van der Waals surface area (Å²) in [5.74, 6) is 1.69. The topological polar surface area (TPSA) is 75.7 Å². The van der Waals surface area contributed by atoms with Gasteiger partial charge in [0, 0.05) is 12.2 Å². The Bertz CT molecular complexity index is 433. The quantitative estimate of drug-likeness (QED) is 0.808. The number of sulfone groups is 1. The Morgan fingerprint density at radius 1 is 1.50 bits per heavy atom. The summed E-state index contributed by atoms with van der Waals surface area (Å²) in [6.45, 7) is 1.61. The van der Waals surface area contributed by atoms with Crippen LogP contribution in [0, 0.1) is 0 Å². The predicted molar refractivity (Wildman–Crippen MR) is 51.6 cm³/mol. The molecular formula is C8H13N3O2S. The summed E-state index contributed by atoms with van der Waals surface area (Å²) < 4.78 is 22.5. The lowest BCUT2D eigenvalue weighted by molar-refractivity contribution is 0.589. The molecule has 0 spiro atoms. The van der Waals surface area contributed by atoms with Crippen molar-refractivity contribution in [3.05, 3.63) is 11.6 Å². The van der Waals surface area contributed by atoms with Gasteiger partial charge in [-0.3, -0.25) is 5.10 Å². The van der Waals surface area contributed by atoms with Crippen LogP contribution in [0.5, 0.6) is 0 Å². The molecule has 14 heavy (non-hydrogen) atoms. The van der Waals surface area contributed by atoms with Crippen LogP contribution in [0.25, 0.3) is 0 Å². The van der Waals surface area contributed by atoms with Gasteiger partial charge >= 0.3 is 0 Å². The standard InChI is InChI=1S/C8H13N3O2S/c1-5(14(2,12)13)7-9-8(11-10-7)6-3-4-6/h5-6H,3-4H2,1-2H3,(H,9,10,11). The molecule has 1 saturated carbocycles. The molecule has 1 N–H and O–H groups in total. The molecule has 1 fully saturated rings. The van der Waals surface area contributed by atoms with Crippen molar-refractivity contribution >= 4 is 9.84 Å². The molecule has 0 amide bonds. The summed E-state index contributed by atoms with van der Waals surface area (Å²) in [6.07, 6.45) is 3.45. The molecule has 6 heteroatoms. The van der Waals surface area contributed by atoms with E-state index in [0.29, 0.717) is 11.7 Å². The maximum atomic E-state index is 11.2. The monoisotopic (exact) mass is 215 g/mol. The number of aromatic nitrogens is 3. The fourth-order valence-electron chi connectivity index (χ4n) is 1.20. The first-order valence-electron chi connectivity index (χ1n) is 4.59. The third kappa shape index (κ3) is 1.79. The highest BCUT2D eigenvalue weighted by Crippen LogP contribution is 2.38. The lowest BCUT2D eigenvalue weighted by atomic mass is 10.4. The van der Waals surface area contributed by atoms with Crippen molar-refractivity contribution in [1.82, 2.24) is 15.2 Å². The van der Waals surface area contributed by atoms with Gasteiger partial charge in [-0.2, -0.15) is 5.10 Å². The summed E-state index contributed by atoms with van der Waals surface area (Å²) in [7, 11) is -3.09. The lowest BCUT2D eigenvalue weighted by Gasteiger charge is -2.02. The number of hydrogen-bond donors (Lipinski definition) is 1. The van der Waals surface area contributed by atoms with E-state index in [1.54, 1.807) is 6.92 Å². The van der Waals surface area contributed by atoms with Gasteiger partial charge < -0.3 is 0 Å². The molecule has 1 aliphatic rings. The third-order valence-electron chi connectivity index (χ3n) is 2.49. The summed E-state index contributed by atoms with van der Waals surface area (Å²) in [4.78, 5) is 4.19. The van der Waals surface area contributed by atoms with Gasteiger partial charge in [-0.05, 0) is 19.8 Å². The van der Waals surface area contributed by atoms with Crippen molar-refractivity contribution in [3.8, 4) is 0 Å². The van der Waals surface area contributed by atoms with E-state index in [2.05, 4.69) is 15.2 Å². The molecular weight excluding hydrogens is 202 g/mol. The molecule has 1 aromatic rings. The van der Waals surface area contributed by atoms with Gasteiger partial charge in [0.25, 0.3) is 0 Å². The Morgan fingerprint density at radius 2 is 2.14 bits per heavy atom. The average Bonchev–Trinajstić information content (AvgIpc) is 2.82. The van der Waals surface area contributed by atoms with E-state index in [9.17, 15) is 8.42 Å². The van der Waals surface area contributed by atoms with Gasteiger partial charge in [-0.15, -0.1) is 0 Å². The smallest absolute Gasteiger partial charge is 0.168 e. The van der Waals surface area contributed by atoms with Crippen molar-refractivity contribution < 1.29 is 8.42 Å². The summed E-state index contributed by atoms with van der Waals surface area (Å²) in [5, 5.41) is 6.10. The van der Waals surface area contributed by atoms with Gasteiger partial charge in [0.05, 0.1) is 0 Å². The molecule has 0 bridgehead atoms. The van der Waals surface area contributed by atoms with Gasteiger partial charge in [-0.1, -0.05) is 0 Å². The van der Waals surface area contributed by atoms with E-state index in [4.69, 9.17) is 0 Å². The van der Waals surface area contributed by atoms with Crippen LogP contribution >= 0.6 is 0 Å². The number of H-pyrrole nitrogens is 1. The number of nitrogens with one attached hydrogen (secondary N) is 1.